The van der Waals surface area contributed by atoms with Crippen molar-refractivity contribution in [3.05, 3.63) is 71.9 Å². The third-order valence-corrected chi connectivity index (χ3v) is 5.98. The van der Waals surface area contributed by atoms with E-state index in [1.165, 1.54) is 0 Å². The molecule has 1 fully saturated rings. The van der Waals surface area contributed by atoms with Crippen molar-refractivity contribution in [1.29, 1.82) is 0 Å². The zero-order valence-electron chi connectivity index (χ0n) is 19.5. The minimum absolute atomic E-state index is 0.0697. The lowest BCUT2D eigenvalue weighted by atomic mass is 10.0. The van der Waals surface area contributed by atoms with E-state index in [1.807, 2.05) is 80.3 Å². The molecule has 7 heteroatoms. The summed E-state index contributed by atoms with van der Waals surface area (Å²) in [5, 5.41) is 7.49. The van der Waals surface area contributed by atoms with Crippen LogP contribution in [0.4, 0.5) is 5.69 Å². The van der Waals surface area contributed by atoms with Crippen molar-refractivity contribution in [3.8, 4) is 11.3 Å². The topological polar surface area (TPSA) is 70.5 Å². The van der Waals surface area contributed by atoms with Gasteiger partial charge < -0.3 is 15.1 Å². The summed E-state index contributed by atoms with van der Waals surface area (Å²) >= 11 is 0. The Labute approximate surface area is 195 Å². The summed E-state index contributed by atoms with van der Waals surface area (Å²) in [5.41, 5.74) is 4.20. The maximum Gasteiger partial charge on any atom is 0.255 e. The summed E-state index contributed by atoms with van der Waals surface area (Å²) in [6.45, 7) is 4.14. The first-order valence-electron chi connectivity index (χ1n) is 11.4. The third-order valence-electron chi connectivity index (χ3n) is 5.98. The van der Waals surface area contributed by atoms with E-state index in [9.17, 15) is 9.59 Å². The molecule has 1 unspecified atom stereocenters. The van der Waals surface area contributed by atoms with Crippen LogP contribution in [0.2, 0.25) is 0 Å². The predicted molar refractivity (Wildman–Crippen MR) is 130 cm³/mol. The number of anilines is 1. The Kier molecular flexibility index (Phi) is 6.89. The van der Waals surface area contributed by atoms with Crippen LogP contribution in [0, 0.1) is 6.92 Å². The second kappa shape index (κ2) is 10.0. The van der Waals surface area contributed by atoms with E-state index in [2.05, 4.69) is 15.3 Å². The zero-order valence-corrected chi connectivity index (χ0v) is 19.5. The fourth-order valence-electron chi connectivity index (χ4n) is 4.14. The predicted octanol–water partition coefficient (Wildman–Crippen LogP) is 3.35. The summed E-state index contributed by atoms with van der Waals surface area (Å²) in [7, 11) is 4.02. The van der Waals surface area contributed by atoms with Crippen LogP contribution in [0.5, 0.6) is 0 Å². The van der Waals surface area contributed by atoms with Crippen molar-refractivity contribution in [2.24, 2.45) is 0 Å². The molecular formula is C26H31N5O2. The van der Waals surface area contributed by atoms with Gasteiger partial charge in [-0.2, -0.15) is 5.10 Å². The van der Waals surface area contributed by atoms with E-state index in [0.717, 1.165) is 35.5 Å². The van der Waals surface area contributed by atoms with Gasteiger partial charge in [-0.3, -0.25) is 14.3 Å². The number of likely N-dealkylation sites (N-methyl/N-ethyl adjacent to an activating group) is 1. The number of hydrogen-bond donors (Lipinski definition) is 1. The van der Waals surface area contributed by atoms with Crippen LogP contribution in [0.15, 0.2) is 60.8 Å². The van der Waals surface area contributed by atoms with Crippen molar-refractivity contribution < 1.29 is 9.59 Å². The molecular weight excluding hydrogens is 414 g/mol. The van der Waals surface area contributed by atoms with E-state index in [0.29, 0.717) is 25.1 Å². The molecule has 0 bridgehead atoms. The highest BCUT2D eigenvalue weighted by molar-refractivity contribution is 6.05. The molecule has 1 N–H and O–H groups in total. The first-order valence-corrected chi connectivity index (χ1v) is 11.4. The summed E-state index contributed by atoms with van der Waals surface area (Å²) in [6, 6.07) is 17.2. The summed E-state index contributed by atoms with van der Waals surface area (Å²) in [6.07, 6.45) is 3.07. The number of carbonyl (C=O) groups is 2. The number of piperidine rings is 1. The Morgan fingerprint density at radius 1 is 1.12 bits per heavy atom. The molecule has 0 aliphatic carbocycles. The van der Waals surface area contributed by atoms with Crippen LogP contribution in [0.25, 0.3) is 11.3 Å². The van der Waals surface area contributed by atoms with Crippen molar-refractivity contribution >= 4 is 17.5 Å². The molecule has 3 aromatic rings. The van der Waals surface area contributed by atoms with Gasteiger partial charge in [-0.1, -0.05) is 48.0 Å². The van der Waals surface area contributed by atoms with Gasteiger partial charge in [0.05, 0.1) is 24.0 Å². The largest absolute Gasteiger partial charge is 0.340 e. The number of aromatic nitrogens is 2. The number of hydrogen-bond acceptors (Lipinski definition) is 4. The van der Waals surface area contributed by atoms with Gasteiger partial charge in [0.15, 0.2) is 0 Å². The Morgan fingerprint density at radius 3 is 2.55 bits per heavy atom. The molecule has 0 radical (unpaired) electrons. The fourth-order valence-corrected chi connectivity index (χ4v) is 4.14. The molecule has 1 aliphatic heterocycles. The fraction of sp³-hybridized carbons (Fsp3) is 0.346. The molecule has 0 saturated carbocycles. The standard InChI is InChI=1S/C26H31N5O2/c1-19-11-13-21(14-12-19)30-15-7-10-23(26(30)33)28-25(32)22-18-27-31(17-16-29(2)3)24(22)20-8-5-4-6-9-20/h4-6,8-9,11-14,18,23H,7,10,15-17H2,1-3H3,(H,28,32). The minimum atomic E-state index is -0.554. The monoisotopic (exact) mass is 445 g/mol. The smallest absolute Gasteiger partial charge is 0.255 e. The lowest BCUT2D eigenvalue weighted by molar-refractivity contribution is -0.121. The molecule has 33 heavy (non-hydrogen) atoms. The SMILES string of the molecule is Cc1ccc(N2CCCC(NC(=O)c3cnn(CCN(C)C)c3-c3ccccc3)C2=O)cc1. The molecule has 1 atom stereocenters. The number of carbonyl (C=O) groups excluding carboxylic acids is 2. The Bertz CT molecular complexity index is 1110. The number of aryl methyl sites for hydroxylation is 1. The maximum atomic E-state index is 13.3. The van der Waals surface area contributed by atoms with E-state index in [1.54, 1.807) is 11.1 Å². The van der Waals surface area contributed by atoms with Crippen molar-refractivity contribution in [2.45, 2.75) is 32.4 Å². The first-order chi connectivity index (χ1) is 15.9. The van der Waals surface area contributed by atoms with Crippen molar-refractivity contribution in [3.63, 3.8) is 0 Å². The first kappa shape index (κ1) is 22.7. The summed E-state index contributed by atoms with van der Waals surface area (Å²) < 4.78 is 1.87. The molecule has 1 aromatic heterocycles. The molecule has 2 amide bonds. The molecule has 172 valence electrons. The minimum Gasteiger partial charge on any atom is -0.340 e. The molecule has 7 nitrogen and oxygen atoms in total. The van der Waals surface area contributed by atoms with Gasteiger partial charge in [-0.25, -0.2) is 0 Å². The van der Waals surface area contributed by atoms with Gasteiger partial charge in [-0.15, -0.1) is 0 Å². The molecule has 1 saturated heterocycles. The lowest BCUT2D eigenvalue weighted by Crippen LogP contribution is -2.52. The van der Waals surface area contributed by atoms with Crippen LogP contribution in [0.3, 0.4) is 0 Å². The van der Waals surface area contributed by atoms with Gasteiger partial charge in [0.2, 0.25) is 5.91 Å². The van der Waals surface area contributed by atoms with Crippen LogP contribution in [0.1, 0.15) is 28.8 Å². The van der Waals surface area contributed by atoms with E-state index in [4.69, 9.17) is 0 Å². The number of amides is 2. The molecule has 2 heterocycles. The Hall–Kier alpha value is -3.45. The van der Waals surface area contributed by atoms with Gasteiger partial charge in [-0.05, 0) is 46.0 Å². The second-order valence-corrected chi connectivity index (χ2v) is 8.79. The van der Waals surface area contributed by atoms with Crippen LogP contribution in [-0.4, -0.2) is 59.7 Å². The van der Waals surface area contributed by atoms with E-state index < -0.39 is 6.04 Å². The molecule has 2 aromatic carbocycles. The lowest BCUT2D eigenvalue weighted by Gasteiger charge is -2.32. The van der Waals surface area contributed by atoms with Crippen LogP contribution < -0.4 is 10.2 Å². The van der Waals surface area contributed by atoms with Crippen LogP contribution >= 0.6 is 0 Å². The van der Waals surface area contributed by atoms with Crippen molar-refractivity contribution in [2.75, 3.05) is 32.1 Å². The van der Waals surface area contributed by atoms with E-state index in [-0.39, 0.29) is 11.8 Å². The summed E-state index contributed by atoms with van der Waals surface area (Å²) in [5.74, 6) is -0.339. The highest BCUT2D eigenvalue weighted by atomic mass is 16.2. The Balaban J connectivity index is 1.56. The van der Waals surface area contributed by atoms with Gasteiger partial charge in [0.25, 0.3) is 5.91 Å². The summed E-state index contributed by atoms with van der Waals surface area (Å²) in [4.78, 5) is 30.4. The average molecular weight is 446 g/mol. The quantitative estimate of drug-likeness (QED) is 0.606. The molecule has 4 rings (SSSR count). The number of nitrogens with zero attached hydrogens (tertiary/aromatic N) is 4. The second-order valence-electron chi connectivity index (χ2n) is 8.79. The number of benzene rings is 2. The number of nitrogens with one attached hydrogen (secondary N) is 1. The van der Waals surface area contributed by atoms with Gasteiger partial charge in [0.1, 0.15) is 6.04 Å². The molecule has 0 spiro atoms. The maximum absolute atomic E-state index is 13.3. The average Bonchev–Trinajstić information content (AvgIpc) is 3.24. The molecule has 1 aliphatic rings. The van der Waals surface area contributed by atoms with Crippen molar-refractivity contribution in [1.82, 2.24) is 20.0 Å². The normalized spacial score (nSPS) is 16.3. The Morgan fingerprint density at radius 2 is 1.85 bits per heavy atom. The zero-order chi connectivity index (χ0) is 23.4. The van der Waals surface area contributed by atoms with Gasteiger partial charge in [0, 0.05) is 24.3 Å². The number of rotatable bonds is 7. The highest BCUT2D eigenvalue weighted by Crippen LogP contribution is 2.25. The highest BCUT2D eigenvalue weighted by Gasteiger charge is 2.32. The third kappa shape index (κ3) is 5.14. The van der Waals surface area contributed by atoms with Crippen LogP contribution in [-0.2, 0) is 11.3 Å². The van der Waals surface area contributed by atoms with Gasteiger partial charge >= 0.3 is 0 Å². The van der Waals surface area contributed by atoms with E-state index >= 15 is 0 Å².